The Balaban J connectivity index is 2.10. The van der Waals surface area contributed by atoms with E-state index in [2.05, 4.69) is 37.2 Å². The molecule has 67 heavy (non-hydrogen) atoms. The van der Waals surface area contributed by atoms with E-state index in [1.165, 1.54) is 12.1 Å². The monoisotopic (exact) mass is 949 g/mol. The molecule has 374 valence electrons. The summed E-state index contributed by atoms with van der Waals surface area (Å²) in [4.78, 5) is 131. The van der Waals surface area contributed by atoms with Gasteiger partial charge < -0.3 is 73.4 Å². The molecule has 1 aromatic carbocycles. The summed E-state index contributed by atoms with van der Waals surface area (Å²) >= 11 is 0. The largest absolute Gasteiger partial charge is 0.508 e. The van der Waals surface area contributed by atoms with E-state index in [4.69, 9.17) is 5.73 Å². The topological polar surface area (TPSA) is 385 Å². The molecule has 1 heterocycles. The molecule has 1 aliphatic heterocycles. The number of hydrogen-bond donors (Lipinski definition) is 13. The molecular weight excluding hydrogens is 883 g/mol. The maximum Gasteiger partial charge on any atom is 0.326 e. The predicted molar refractivity (Wildman–Crippen MR) is 237 cm³/mol. The third-order valence-corrected chi connectivity index (χ3v) is 11.5. The van der Waals surface area contributed by atoms with E-state index in [9.17, 15) is 73.5 Å². The summed E-state index contributed by atoms with van der Waals surface area (Å²) in [5.74, 6) is -11.7. The summed E-state index contributed by atoms with van der Waals surface area (Å²) in [5, 5.41) is 65.1. The second-order valence-corrected chi connectivity index (χ2v) is 16.9. The number of carbonyl (C=O) groups is 10. The number of carboxylic acid groups (broad SMARTS) is 2. The van der Waals surface area contributed by atoms with Crippen LogP contribution >= 0.6 is 0 Å². The molecule has 0 unspecified atom stereocenters. The van der Waals surface area contributed by atoms with E-state index < -0.39 is 151 Å². The number of rotatable bonds is 27. The first-order valence-electron chi connectivity index (χ1n) is 22.1. The van der Waals surface area contributed by atoms with Gasteiger partial charge >= 0.3 is 11.9 Å². The van der Waals surface area contributed by atoms with Gasteiger partial charge in [0.2, 0.25) is 47.3 Å². The van der Waals surface area contributed by atoms with Crippen molar-refractivity contribution < 1.29 is 73.5 Å². The van der Waals surface area contributed by atoms with Gasteiger partial charge in [-0.25, -0.2) is 4.79 Å². The first kappa shape index (κ1) is 56.7. The lowest BCUT2D eigenvalue weighted by Crippen LogP contribution is -2.61. The van der Waals surface area contributed by atoms with Crippen LogP contribution in [0.25, 0.3) is 0 Å². The molecule has 8 amide bonds. The van der Waals surface area contributed by atoms with Crippen LogP contribution < -0.4 is 43.0 Å². The van der Waals surface area contributed by atoms with Crippen molar-refractivity contribution >= 4 is 59.2 Å². The first-order valence-corrected chi connectivity index (χ1v) is 22.1. The van der Waals surface area contributed by atoms with E-state index in [0.29, 0.717) is 24.8 Å². The minimum atomic E-state index is -1.86. The lowest BCUT2D eigenvalue weighted by molar-refractivity contribution is -0.146. The number of amides is 8. The number of aliphatic hydroxyl groups is 2. The highest BCUT2D eigenvalue weighted by Crippen LogP contribution is 2.20. The standard InChI is InChI=1S/C43H67N9O15/c1-7-22(5)34(51-41(64)35(23(6)8-2)50-36(59)26(44)16-24-11-13-25(55)14-12-24)40(63)47-28(19-53)37(60)45-18-31(56)46-27(17-32(57)58)38(61)48-29(20-54)42(65)52-15-9-10-30(52)39(62)49-33(21(3)4)43(66)67/h11-14,21-23,26-30,33-35,53-55H,7-10,15-20,44H2,1-6H3,(H,45,60)(H,46,56)(H,47,63)(H,48,61)(H,49,62)(H,50,59)(H,51,64)(H,57,58)(H,66,67)/t22-,23-,26-,27-,28-,29-,30-,33-,34-,35-/m0/s1. The lowest BCUT2D eigenvalue weighted by atomic mass is 9.94. The Morgan fingerprint density at radius 2 is 1.22 bits per heavy atom. The first-order chi connectivity index (χ1) is 31.5. The highest BCUT2D eigenvalue weighted by molar-refractivity contribution is 5.98. The summed E-state index contributed by atoms with van der Waals surface area (Å²) in [7, 11) is 0. The molecule has 1 saturated heterocycles. The van der Waals surface area contributed by atoms with Gasteiger partial charge in [0, 0.05) is 6.54 Å². The van der Waals surface area contributed by atoms with Crippen LogP contribution in [0, 0.1) is 17.8 Å². The molecule has 0 radical (unpaired) electrons. The smallest absolute Gasteiger partial charge is 0.326 e. The van der Waals surface area contributed by atoms with Crippen molar-refractivity contribution in [2.24, 2.45) is 23.5 Å². The fourth-order valence-corrected chi connectivity index (χ4v) is 6.99. The van der Waals surface area contributed by atoms with Crippen molar-refractivity contribution in [2.45, 2.75) is 128 Å². The predicted octanol–water partition coefficient (Wildman–Crippen LogP) is -3.43. The van der Waals surface area contributed by atoms with Crippen LogP contribution in [0.4, 0.5) is 0 Å². The number of carbonyl (C=O) groups excluding carboxylic acids is 8. The summed E-state index contributed by atoms with van der Waals surface area (Å²) in [6.45, 7) is 7.14. The van der Waals surface area contributed by atoms with Crippen LogP contribution in [-0.2, 0) is 54.4 Å². The number of benzene rings is 1. The van der Waals surface area contributed by atoms with Crippen LogP contribution in [-0.4, -0.2) is 164 Å². The summed E-state index contributed by atoms with van der Waals surface area (Å²) in [6, 6.07) is -5.08. The maximum atomic E-state index is 13.7. The molecule has 1 aromatic rings. The third-order valence-electron chi connectivity index (χ3n) is 11.5. The maximum absolute atomic E-state index is 13.7. The number of phenolic OH excluding ortho intramolecular Hbond substituents is 1. The SMILES string of the molecule is CC[C@H](C)[C@H](NC(=O)[C@@H](NC(=O)[C@@H](N)Cc1ccc(O)cc1)[C@@H](C)CC)C(=O)N[C@@H](CO)C(=O)NCC(=O)N[C@@H](CC(=O)O)C(=O)N[C@@H](CO)C(=O)N1CCC[C@H]1C(=O)N[C@H](C(=O)O)C(C)C. The molecule has 2 rings (SSSR count). The minimum absolute atomic E-state index is 0.0123. The van der Waals surface area contributed by atoms with E-state index in [1.54, 1.807) is 53.7 Å². The molecule has 0 saturated carbocycles. The number of hydrogen-bond acceptors (Lipinski definition) is 14. The molecule has 24 nitrogen and oxygen atoms in total. The molecule has 14 N–H and O–H groups in total. The molecule has 0 spiro atoms. The molecule has 0 aliphatic carbocycles. The fraction of sp³-hybridized carbons (Fsp3) is 0.628. The van der Waals surface area contributed by atoms with Gasteiger partial charge in [0.1, 0.15) is 48.0 Å². The van der Waals surface area contributed by atoms with Crippen LogP contribution in [0.5, 0.6) is 5.75 Å². The van der Waals surface area contributed by atoms with E-state index in [-0.39, 0.29) is 25.1 Å². The number of phenols is 1. The van der Waals surface area contributed by atoms with Crippen molar-refractivity contribution in [3.05, 3.63) is 29.8 Å². The van der Waals surface area contributed by atoms with Crippen molar-refractivity contribution in [3.8, 4) is 5.75 Å². The van der Waals surface area contributed by atoms with Gasteiger partial charge in [-0.15, -0.1) is 0 Å². The number of likely N-dealkylation sites (tertiary alicyclic amines) is 1. The highest BCUT2D eigenvalue weighted by atomic mass is 16.4. The second-order valence-electron chi connectivity index (χ2n) is 16.9. The number of aromatic hydroxyl groups is 1. The van der Waals surface area contributed by atoms with E-state index >= 15 is 0 Å². The average molecular weight is 950 g/mol. The number of aliphatic carboxylic acids is 2. The van der Waals surface area contributed by atoms with E-state index in [0.717, 1.165) is 4.90 Å². The lowest BCUT2D eigenvalue weighted by Gasteiger charge is -2.30. The van der Waals surface area contributed by atoms with Gasteiger partial charge in [-0.2, -0.15) is 0 Å². The van der Waals surface area contributed by atoms with Crippen LogP contribution in [0.1, 0.15) is 79.2 Å². The summed E-state index contributed by atoms with van der Waals surface area (Å²) in [5.41, 5.74) is 6.80. The van der Waals surface area contributed by atoms with Gasteiger partial charge in [-0.05, 0) is 54.7 Å². The second kappa shape index (κ2) is 27.3. The summed E-state index contributed by atoms with van der Waals surface area (Å²) in [6.07, 6.45) is 0.344. The van der Waals surface area contributed by atoms with Gasteiger partial charge in [0.15, 0.2) is 0 Å². The Morgan fingerprint density at radius 1 is 0.687 bits per heavy atom. The zero-order valence-corrected chi connectivity index (χ0v) is 38.6. The van der Waals surface area contributed by atoms with Crippen LogP contribution in [0.15, 0.2) is 24.3 Å². The molecule has 10 atom stereocenters. The Kier molecular flexibility index (Phi) is 23.1. The van der Waals surface area contributed by atoms with Crippen molar-refractivity contribution in [3.63, 3.8) is 0 Å². The zero-order valence-electron chi connectivity index (χ0n) is 38.6. The molecular formula is C43H67N9O15. The molecule has 24 heteroatoms. The fourth-order valence-electron chi connectivity index (χ4n) is 6.99. The van der Waals surface area contributed by atoms with Crippen molar-refractivity contribution in [1.82, 2.24) is 42.1 Å². The van der Waals surface area contributed by atoms with Gasteiger partial charge in [0.25, 0.3) is 0 Å². The average Bonchev–Trinajstić information content (AvgIpc) is 3.78. The normalized spacial score (nSPS) is 17.5. The summed E-state index contributed by atoms with van der Waals surface area (Å²) < 4.78 is 0. The zero-order chi connectivity index (χ0) is 50.7. The number of aliphatic hydroxyl groups excluding tert-OH is 2. The highest BCUT2D eigenvalue weighted by Gasteiger charge is 2.40. The molecule has 1 fully saturated rings. The quantitative estimate of drug-likeness (QED) is 0.0408. The Bertz CT molecular complexity index is 1920. The minimum Gasteiger partial charge on any atom is -0.508 e. The Morgan fingerprint density at radius 3 is 1.73 bits per heavy atom. The van der Waals surface area contributed by atoms with E-state index in [1.807, 2.05) is 0 Å². The van der Waals surface area contributed by atoms with Crippen molar-refractivity contribution in [1.29, 1.82) is 0 Å². The number of carboxylic acids is 2. The number of nitrogens with zero attached hydrogens (tertiary/aromatic N) is 1. The number of nitrogens with two attached hydrogens (primary N) is 1. The molecule has 1 aliphatic rings. The Hall–Kier alpha value is -6.40. The molecule has 0 aromatic heterocycles. The van der Waals surface area contributed by atoms with Gasteiger partial charge in [-0.1, -0.05) is 66.5 Å². The van der Waals surface area contributed by atoms with Crippen LogP contribution in [0.3, 0.4) is 0 Å². The third kappa shape index (κ3) is 17.4. The van der Waals surface area contributed by atoms with Gasteiger partial charge in [0.05, 0.1) is 32.2 Å². The Labute approximate surface area is 387 Å². The number of nitrogens with one attached hydrogen (secondary N) is 7. The van der Waals surface area contributed by atoms with Crippen molar-refractivity contribution in [2.75, 3.05) is 26.3 Å². The van der Waals surface area contributed by atoms with Gasteiger partial charge in [-0.3, -0.25) is 43.2 Å². The molecule has 0 bridgehead atoms. The van der Waals surface area contributed by atoms with Crippen LogP contribution in [0.2, 0.25) is 0 Å².